The molecule has 1 aromatic carbocycles. The number of rotatable bonds is 5. The van der Waals surface area contributed by atoms with Gasteiger partial charge in [-0.15, -0.1) is 0 Å². The number of piperidine rings is 1. The third-order valence-corrected chi connectivity index (χ3v) is 5.83. The fourth-order valence-electron chi connectivity index (χ4n) is 4.19. The zero-order chi connectivity index (χ0) is 16.9. The summed E-state index contributed by atoms with van der Waals surface area (Å²) in [6.07, 6.45) is 3.79. The maximum atomic E-state index is 9.98. The molecule has 0 aromatic heterocycles. The Bertz CT molecular complexity index is 513. The normalized spacial score (nSPS) is 25.7. The lowest BCUT2D eigenvalue weighted by molar-refractivity contribution is 0.0640. The summed E-state index contributed by atoms with van der Waals surface area (Å²) in [6.45, 7) is 11.4. The number of phenolic OH excluding ortho intramolecular Hbond substituents is 1. The van der Waals surface area contributed by atoms with Crippen LogP contribution >= 0.6 is 0 Å². The van der Waals surface area contributed by atoms with Gasteiger partial charge in [-0.25, -0.2) is 0 Å². The third-order valence-electron chi connectivity index (χ3n) is 5.83. The molecular formula is C20H33N3O. The van der Waals surface area contributed by atoms with Crippen LogP contribution in [-0.4, -0.2) is 60.2 Å². The third kappa shape index (κ3) is 4.29. The van der Waals surface area contributed by atoms with E-state index in [1.165, 1.54) is 37.9 Å². The van der Waals surface area contributed by atoms with E-state index >= 15 is 0 Å². The summed E-state index contributed by atoms with van der Waals surface area (Å²) in [5.74, 6) is 1.25. The van der Waals surface area contributed by atoms with E-state index in [2.05, 4.69) is 35.0 Å². The molecule has 134 valence electrons. The summed E-state index contributed by atoms with van der Waals surface area (Å²) in [5, 5.41) is 13.5. The van der Waals surface area contributed by atoms with Crippen molar-refractivity contribution >= 4 is 0 Å². The molecule has 2 heterocycles. The summed E-state index contributed by atoms with van der Waals surface area (Å²) in [6, 6.07) is 8.86. The van der Waals surface area contributed by atoms with Gasteiger partial charge in [-0.2, -0.15) is 0 Å². The molecule has 2 atom stereocenters. The summed E-state index contributed by atoms with van der Waals surface area (Å²) in [4.78, 5) is 5.30. The zero-order valence-electron chi connectivity index (χ0n) is 15.2. The van der Waals surface area contributed by atoms with Crippen LogP contribution in [0.4, 0.5) is 0 Å². The standard InChI is InChI=1S/C20H33N3O/c1-3-18-14-21-9-12-23(18)20(17-5-4-6-19(24)13-17)15-22-10-7-16(2)8-11-22/h4-6,13,16,18,20-21,24H,3,7-12,14-15H2,1-2H3. The lowest BCUT2D eigenvalue weighted by atomic mass is 9.96. The van der Waals surface area contributed by atoms with E-state index in [0.29, 0.717) is 17.8 Å². The number of hydrogen-bond acceptors (Lipinski definition) is 4. The van der Waals surface area contributed by atoms with Crippen LogP contribution in [0.1, 0.15) is 44.7 Å². The van der Waals surface area contributed by atoms with E-state index < -0.39 is 0 Å². The molecule has 0 spiro atoms. The number of likely N-dealkylation sites (tertiary alicyclic amines) is 1. The highest BCUT2D eigenvalue weighted by Gasteiger charge is 2.31. The van der Waals surface area contributed by atoms with Gasteiger partial charge in [0.2, 0.25) is 0 Å². The highest BCUT2D eigenvalue weighted by molar-refractivity contribution is 5.30. The number of aromatic hydroxyl groups is 1. The second-order valence-electron chi connectivity index (χ2n) is 7.60. The molecule has 2 aliphatic heterocycles. The van der Waals surface area contributed by atoms with Gasteiger partial charge in [0.15, 0.2) is 0 Å². The number of nitrogens with one attached hydrogen (secondary N) is 1. The number of benzene rings is 1. The Morgan fingerprint density at radius 3 is 2.75 bits per heavy atom. The van der Waals surface area contributed by atoms with Gasteiger partial charge >= 0.3 is 0 Å². The van der Waals surface area contributed by atoms with Crippen molar-refractivity contribution in [2.24, 2.45) is 5.92 Å². The van der Waals surface area contributed by atoms with Gasteiger partial charge in [0, 0.05) is 38.3 Å². The number of piperazine rings is 1. The van der Waals surface area contributed by atoms with E-state index in [0.717, 1.165) is 32.1 Å². The van der Waals surface area contributed by atoms with Crippen LogP contribution in [-0.2, 0) is 0 Å². The van der Waals surface area contributed by atoms with Crippen molar-refractivity contribution in [2.45, 2.75) is 45.2 Å². The maximum Gasteiger partial charge on any atom is 0.115 e. The molecule has 0 amide bonds. The smallest absolute Gasteiger partial charge is 0.115 e. The molecule has 2 aliphatic rings. The van der Waals surface area contributed by atoms with Crippen molar-refractivity contribution in [3.8, 4) is 5.75 Å². The molecule has 2 saturated heterocycles. The van der Waals surface area contributed by atoms with Crippen LogP contribution in [0.5, 0.6) is 5.75 Å². The first-order valence-electron chi connectivity index (χ1n) is 9.65. The summed E-state index contributed by atoms with van der Waals surface area (Å²) in [5.41, 5.74) is 1.26. The average molecular weight is 332 g/mol. The number of phenols is 1. The van der Waals surface area contributed by atoms with E-state index in [-0.39, 0.29) is 0 Å². The molecular weight excluding hydrogens is 298 g/mol. The van der Waals surface area contributed by atoms with E-state index in [4.69, 9.17) is 0 Å². The average Bonchev–Trinajstić information content (AvgIpc) is 2.61. The number of hydrogen-bond donors (Lipinski definition) is 2. The van der Waals surface area contributed by atoms with Crippen molar-refractivity contribution in [1.29, 1.82) is 0 Å². The van der Waals surface area contributed by atoms with Crippen LogP contribution in [0.2, 0.25) is 0 Å². The van der Waals surface area contributed by atoms with Gasteiger partial charge in [-0.1, -0.05) is 26.0 Å². The van der Waals surface area contributed by atoms with Crippen LogP contribution in [0.3, 0.4) is 0 Å². The lowest BCUT2D eigenvalue weighted by Crippen LogP contribution is -2.54. The van der Waals surface area contributed by atoms with Crippen LogP contribution in [0.15, 0.2) is 24.3 Å². The Morgan fingerprint density at radius 2 is 2.04 bits per heavy atom. The predicted molar refractivity (Wildman–Crippen MR) is 99.3 cm³/mol. The van der Waals surface area contributed by atoms with Crippen molar-refractivity contribution in [3.05, 3.63) is 29.8 Å². The Kier molecular flexibility index (Phi) is 6.14. The van der Waals surface area contributed by atoms with Gasteiger partial charge in [0.1, 0.15) is 5.75 Å². The van der Waals surface area contributed by atoms with Gasteiger partial charge in [-0.05, 0) is 56.0 Å². The highest BCUT2D eigenvalue weighted by atomic mass is 16.3. The van der Waals surface area contributed by atoms with E-state index in [1.807, 2.05) is 12.1 Å². The minimum absolute atomic E-state index is 0.373. The van der Waals surface area contributed by atoms with Crippen molar-refractivity contribution in [2.75, 3.05) is 39.3 Å². The molecule has 2 N–H and O–H groups in total. The molecule has 2 unspecified atom stereocenters. The highest BCUT2D eigenvalue weighted by Crippen LogP contribution is 2.29. The fourth-order valence-corrected chi connectivity index (χ4v) is 4.19. The van der Waals surface area contributed by atoms with Gasteiger partial charge in [0.05, 0.1) is 0 Å². The molecule has 0 radical (unpaired) electrons. The quantitative estimate of drug-likeness (QED) is 0.870. The minimum atomic E-state index is 0.373. The minimum Gasteiger partial charge on any atom is -0.508 e. The van der Waals surface area contributed by atoms with Crippen molar-refractivity contribution < 1.29 is 5.11 Å². The Hall–Kier alpha value is -1.10. The SMILES string of the molecule is CCC1CNCCN1C(CN1CCC(C)CC1)c1cccc(O)c1. The van der Waals surface area contributed by atoms with Gasteiger partial charge in [-0.3, -0.25) is 4.90 Å². The zero-order valence-corrected chi connectivity index (χ0v) is 15.2. The lowest BCUT2D eigenvalue weighted by Gasteiger charge is -2.44. The first kappa shape index (κ1) is 17.7. The molecule has 4 heteroatoms. The maximum absolute atomic E-state index is 9.98. The molecule has 1 aromatic rings. The van der Waals surface area contributed by atoms with Gasteiger partial charge in [0.25, 0.3) is 0 Å². The largest absolute Gasteiger partial charge is 0.508 e. The van der Waals surface area contributed by atoms with Crippen LogP contribution < -0.4 is 5.32 Å². The second-order valence-corrected chi connectivity index (χ2v) is 7.60. The fraction of sp³-hybridized carbons (Fsp3) is 0.700. The Morgan fingerprint density at radius 1 is 1.25 bits per heavy atom. The summed E-state index contributed by atoms with van der Waals surface area (Å²) < 4.78 is 0. The molecule has 2 fully saturated rings. The van der Waals surface area contributed by atoms with Crippen LogP contribution in [0.25, 0.3) is 0 Å². The molecule has 0 saturated carbocycles. The molecule has 3 rings (SSSR count). The number of nitrogens with zero attached hydrogens (tertiary/aromatic N) is 2. The van der Waals surface area contributed by atoms with Crippen molar-refractivity contribution in [1.82, 2.24) is 15.1 Å². The Labute approximate surface area is 146 Å². The summed E-state index contributed by atoms with van der Waals surface area (Å²) >= 11 is 0. The molecule has 0 bridgehead atoms. The molecule has 0 aliphatic carbocycles. The predicted octanol–water partition coefficient (Wildman–Crippen LogP) is 2.85. The van der Waals surface area contributed by atoms with Crippen LogP contribution in [0, 0.1) is 5.92 Å². The topological polar surface area (TPSA) is 38.7 Å². The second kappa shape index (κ2) is 8.32. The van der Waals surface area contributed by atoms with Gasteiger partial charge < -0.3 is 15.3 Å². The first-order valence-corrected chi connectivity index (χ1v) is 9.65. The summed E-state index contributed by atoms with van der Waals surface area (Å²) in [7, 11) is 0. The molecule has 4 nitrogen and oxygen atoms in total. The Balaban J connectivity index is 1.80. The van der Waals surface area contributed by atoms with E-state index in [9.17, 15) is 5.11 Å². The first-order chi connectivity index (χ1) is 11.7. The monoisotopic (exact) mass is 331 g/mol. The van der Waals surface area contributed by atoms with Crippen molar-refractivity contribution in [3.63, 3.8) is 0 Å². The molecule has 24 heavy (non-hydrogen) atoms. The van der Waals surface area contributed by atoms with E-state index in [1.54, 1.807) is 6.07 Å².